The highest BCUT2D eigenvalue weighted by atomic mass is 16.5. The zero-order chi connectivity index (χ0) is 11.5. The largest absolute Gasteiger partial charge is 0.459 e. The number of carbonyl (C=O) groups excluding carboxylic acids is 1. The Balaban J connectivity index is 3.56. The maximum atomic E-state index is 11.0. The van der Waals surface area contributed by atoms with Gasteiger partial charge in [0, 0.05) is 12.2 Å². The Bertz CT molecular complexity index is 240. The van der Waals surface area contributed by atoms with Crippen molar-refractivity contribution in [2.75, 3.05) is 0 Å². The molecule has 0 aliphatic heterocycles. The first kappa shape index (κ1) is 13.7. The van der Waals surface area contributed by atoms with Crippen LogP contribution in [0.25, 0.3) is 0 Å². The zero-order valence-electron chi connectivity index (χ0n) is 9.53. The third kappa shape index (κ3) is 9.01. The summed E-state index contributed by atoms with van der Waals surface area (Å²) in [6.07, 6.45) is 7.84. The molecule has 1 atom stereocenters. The van der Waals surface area contributed by atoms with E-state index in [-0.39, 0.29) is 6.10 Å². The van der Waals surface area contributed by atoms with E-state index in [4.69, 9.17) is 10.00 Å². The highest BCUT2D eigenvalue weighted by molar-refractivity contribution is 5.82. The minimum atomic E-state index is -0.431. The molecule has 0 aromatic rings. The number of hydrogen-bond acceptors (Lipinski definition) is 3. The number of nitriles is 1. The molecule has 84 valence electrons. The summed E-state index contributed by atoms with van der Waals surface area (Å²) in [6.45, 7) is 4.04. The van der Waals surface area contributed by atoms with E-state index in [1.807, 2.05) is 6.92 Å². The zero-order valence-corrected chi connectivity index (χ0v) is 9.53. The Labute approximate surface area is 91.7 Å². The summed E-state index contributed by atoms with van der Waals surface area (Å²) in [5, 5.41) is 8.21. The molecule has 0 saturated heterocycles. The molecule has 0 aromatic carbocycles. The molecular formula is C12H19NO2. The van der Waals surface area contributed by atoms with E-state index >= 15 is 0 Å². The van der Waals surface area contributed by atoms with Crippen LogP contribution in [0.3, 0.4) is 0 Å². The van der Waals surface area contributed by atoms with Gasteiger partial charge in [0.15, 0.2) is 0 Å². The molecular weight excluding hydrogens is 190 g/mol. The standard InChI is InChI=1S/C12H19NO2/c1-3-4-5-6-8-11(2)15-12(14)9-7-10-13/h7,9,11H,3-6,8H2,1-2H3/b9-7+/t11-/m0/s1. The molecule has 15 heavy (non-hydrogen) atoms. The predicted octanol–water partition coefficient (Wildman–Crippen LogP) is 2.97. The highest BCUT2D eigenvalue weighted by Crippen LogP contribution is 2.08. The lowest BCUT2D eigenvalue weighted by Crippen LogP contribution is -2.12. The maximum Gasteiger partial charge on any atom is 0.331 e. The summed E-state index contributed by atoms with van der Waals surface area (Å²) in [4.78, 5) is 11.0. The normalized spacial score (nSPS) is 12.3. The van der Waals surface area contributed by atoms with Gasteiger partial charge < -0.3 is 4.74 Å². The summed E-state index contributed by atoms with van der Waals surface area (Å²) >= 11 is 0. The first-order valence-corrected chi connectivity index (χ1v) is 5.47. The van der Waals surface area contributed by atoms with Gasteiger partial charge in [-0.3, -0.25) is 0 Å². The number of rotatable bonds is 7. The van der Waals surface area contributed by atoms with Gasteiger partial charge in [-0.25, -0.2) is 4.79 Å². The molecule has 0 fully saturated rings. The highest BCUT2D eigenvalue weighted by Gasteiger charge is 2.05. The maximum absolute atomic E-state index is 11.0. The van der Waals surface area contributed by atoms with Gasteiger partial charge in [0.1, 0.15) is 0 Å². The van der Waals surface area contributed by atoms with Crippen molar-refractivity contribution in [3.05, 3.63) is 12.2 Å². The van der Waals surface area contributed by atoms with Gasteiger partial charge in [-0.15, -0.1) is 0 Å². The molecule has 0 aliphatic carbocycles. The fourth-order valence-corrected chi connectivity index (χ4v) is 1.26. The number of carbonyl (C=O) groups is 1. The summed E-state index contributed by atoms with van der Waals surface area (Å²) in [6, 6.07) is 1.75. The molecule has 0 aromatic heterocycles. The summed E-state index contributed by atoms with van der Waals surface area (Å²) in [5.41, 5.74) is 0. The number of esters is 1. The second kappa shape index (κ2) is 9.26. The quantitative estimate of drug-likeness (QED) is 0.280. The van der Waals surface area contributed by atoms with Crippen LogP contribution in [0.5, 0.6) is 0 Å². The van der Waals surface area contributed by atoms with E-state index in [2.05, 4.69) is 6.92 Å². The Hall–Kier alpha value is -1.30. The van der Waals surface area contributed by atoms with Crippen molar-refractivity contribution in [3.8, 4) is 6.07 Å². The summed E-state index contributed by atoms with van der Waals surface area (Å²) in [7, 11) is 0. The number of nitrogens with zero attached hydrogens (tertiary/aromatic N) is 1. The van der Waals surface area contributed by atoms with Crippen molar-refractivity contribution in [2.45, 2.75) is 52.1 Å². The molecule has 0 bridgehead atoms. The van der Waals surface area contributed by atoms with Crippen LogP contribution in [0, 0.1) is 11.3 Å². The fourth-order valence-electron chi connectivity index (χ4n) is 1.26. The first-order valence-electron chi connectivity index (χ1n) is 5.47. The van der Waals surface area contributed by atoms with Gasteiger partial charge in [0.25, 0.3) is 0 Å². The van der Waals surface area contributed by atoms with Gasteiger partial charge >= 0.3 is 5.97 Å². The Morgan fingerprint density at radius 1 is 1.47 bits per heavy atom. The molecule has 0 amide bonds. The molecule has 3 heteroatoms. The number of allylic oxidation sites excluding steroid dienone is 1. The van der Waals surface area contributed by atoms with Crippen LogP contribution in [0.2, 0.25) is 0 Å². The average molecular weight is 209 g/mol. The van der Waals surface area contributed by atoms with Crippen LogP contribution in [-0.4, -0.2) is 12.1 Å². The van der Waals surface area contributed by atoms with Crippen LogP contribution in [0.15, 0.2) is 12.2 Å². The number of ether oxygens (including phenoxy) is 1. The molecule has 0 unspecified atom stereocenters. The van der Waals surface area contributed by atoms with Gasteiger partial charge in [-0.1, -0.05) is 26.2 Å². The van der Waals surface area contributed by atoms with Crippen molar-refractivity contribution in [1.82, 2.24) is 0 Å². The minimum Gasteiger partial charge on any atom is -0.459 e. The monoisotopic (exact) mass is 209 g/mol. The van der Waals surface area contributed by atoms with Crippen molar-refractivity contribution < 1.29 is 9.53 Å². The van der Waals surface area contributed by atoms with E-state index in [0.717, 1.165) is 25.0 Å². The van der Waals surface area contributed by atoms with Crippen LogP contribution < -0.4 is 0 Å². The first-order chi connectivity index (χ1) is 7.20. The second-order valence-electron chi connectivity index (χ2n) is 3.56. The molecule has 0 N–H and O–H groups in total. The fraction of sp³-hybridized carbons (Fsp3) is 0.667. The van der Waals surface area contributed by atoms with E-state index in [1.165, 1.54) is 19.3 Å². The molecule has 0 aliphatic rings. The van der Waals surface area contributed by atoms with E-state index in [1.54, 1.807) is 6.07 Å². The Morgan fingerprint density at radius 3 is 2.80 bits per heavy atom. The van der Waals surface area contributed by atoms with E-state index in [0.29, 0.717) is 0 Å². The molecule has 0 spiro atoms. The number of hydrogen-bond donors (Lipinski definition) is 0. The molecule has 0 radical (unpaired) electrons. The lowest BCUT2D eigenvalue weighted by molar-refractivity contribution is -0.142. The minimum absolute atomic E-state index is 0.0577. The van der Waals surface area contributed by atoms with Crippen LogP contribution in [0.1, 0.15) is 46.0 Å². The Kier molecular flexibility index (Phi) is 8.46. The average Bonchev–Trinajstić information content (AvgIpc) is 2.21. The van der Waals surface area contributed by atoms with Gasteiger partial charge in [-0.2, -0.15) is 5.26 Å². The predicted molar refractivity (Wildman–Crippen MR) is 59.1 cm³/mol. The second-order valence-corrected chi connectivity index (χ2v) is 3.56. The smallest absolute Gasteiger partial charge is 0.331 e. The lowest BCUT2D eigenvalue weighted by atomic mass is 10.1. The van der Waals surface area contributed by atoms with Gasteiger partial charge in [-0.05, 0) is 19.8 Å². The van der Waals surface area contributed by atoms with Crippen molar-refractivity contribution >= 4 is 5.97 Å². The third-order valence-electron chi connectivity index (χ3n) is 2.08. The van der Waals surface area contributed by atoms with Crippen molar-refractivity contribution in [2.24, 2.45) is 0 Å². The number of unbranched alkanes of at least 4 members (excludes halogenated alkanes) is 3. The lowest BCUT2D eigenvalue weighted by Gasteiger charge is -2.10. The molecule has 3 nitrogen and oxygen atoms in total. The van der Waals surface area contributed by atoms with Crippen molar-refractivity contribution in [1.29, 1.82) is 5.26 Å². The van der Waals surface area contributed by atoms with Crippen LogP contribution in [-0.2, 0) is 9.53 Å². The molecule has 0 saturated carbocycles. The molecule has 0 rings (SSSR count). The third-order valence-corrected chi connectivity index (χ3v) is 2.08. The summed E-state index contributed by atoms with van der Waals surface area (Å²) in [5.74, 6) is -0.431. The van der Waals surface area contributed by atoms with Crippen molar-refractivity contribution in [3.63, 3.8) is 0 Å². The van der Waals surface area contributed by atoms with Gasteiger partial charge in [0.05, 0.1) is 12.2 Å². The SMILES string of the molecule is CCCCCC[C@H](C)OC(=O)/C=C/C#N. The van der Waals surface area contributed by atoms with Crippen LogP contribution in [0.4, 0.5) is 0 Å². The topological polar surface area (TPSA) is 50.1 Å². The van der Waals surface area contributed by atoms with E-state index < -0.39 is 5.97 Å². The molecule has 0 heterocycles. The Morgan fingerprint density at radius 2 is 2.20 bits per heavy atom. The van der Waals surface area contributed by atoms with Gasteiger partial charge in [0.2, 0.25) is 0 Å². The van der Waals surface area contributed by atoms with E-state index in [9.17, 15) is 4.79 Å². The summed E-state index contributed by atoms with van der Waals surface area (Å²) < 4.78 is 5.06. The van der Waals surface area contributed by atoms with Crippen LogP contribution >= 0.6 is 0 Å².